The van der Waals surface area contributed by atoms with Gasteiger partial charge in [0.05, 0.1) is 37.6 Å². The fourth-order valence-corrected chi connectivity index (χ4v) is 16.2. The van der Waals surface area contributed by atoms with E-state index in [2.05, 4.69) is 40.7 Å². The Bertz CT molecular complexity index is 2060. The number of fused-ring (bicyclic) bond motifs is 5. The first-order valence-corrected chi connectivity index (χ1v) is 28.2. The molecule has 8 fully saturated rings. The first kappa shape index (κ1) is 62.4. The van der Waals surface area contributed by atoms with Gasteiger partial charge in [-0.15, -0.1) is 0 Å². The summed E-state index contributed by atoms with van der Waals surface area (Å²) in [6, 6.07) is 0. The van der Waals surface area contributed by atoms with E-state index in [4.69, 9.17) is 42.6 Å². The maximum absolute atomic E-state index is 12.9. The first-order valence-electron chi connectivity index (χ1n) is 28.2. The molecule has 23 heteroatoms. The Morgan fingerprint density at radius 3 is 1.76 bits per heavy atom. The molecule has 8 unspecified atom stereocenters. The Balaban J connectivity index is 1.02. The third kappa shape index (κ3) is 11.2. The molecule has 13 N–H and O–H groups in total. The van der Waals surface area contributed by atoms with E-state index >= 15 is 0 Å². The van der Waals surface area contributed by atoms with E-state index in [1.807, 2.05) is 20.8 Å². The molecular weight excluding hydrogens is 1030 g/mol. The number of allylic oxidation sites excluding steroid dienone is 2. The highest BCUT2D eigenvalue weighted by Gasteiger charge is 2.72. The van der Waals surface area contributed by atoms with Gasteiger partial charge in [-0.05, 0) is 124 Å². The van der Waals surface area contributed by atoms with Crippen LogP contribution in [0.2, 0.25) is 0 Å². The van der Waals surface area contributed by atoms with Crippen molar-refractivity contribution in [1.82, 2.24) is 0 Å². The highest BCUT2D eigenvalue weighted by Crippen LogP contribution is 2.76. The van der Waals surface area contributed by atoms with Crippen LogP contribution in [0.1, 0.15) is 120 Å². The topological polar surface area (TPSA) is 363 Å². The molecule has 0 radical (unpaired) electrons. The van der Waals surface area contributed by atoms with Crippen LogP contribution in [0.15, 0.2) is 11.6 Å². The van der Waals surface area contributed by atoms with Crippen molar-refractivity contribution in [3.05, 3.63) is 11.6 Å². The van der Waals surface area contributed by atoms with E-state index in [9.17, 15) is 71.2 Å². The van der Waals surface area contributed by atoms with Crippen molar-refractivity contribution in [3.63, 3.8) is 0 Å². The summed E-state index contributed by atoms with van der Waals surface area (Å²) in [7, 11) is 0. The third-order valence-corrected chi connectivity index (χ3v) is 20.8. The van der Waals surface area contributed by atoms with E-state index < -0.39 is 178 Å². The SMILES string of the molecule is CC(=O)OC[C@H]1O[C@@H](OC2CCC3(C)C(CCC4(C)C3CC(O)C3C([C@](C)(CCC=C(C)C)O[C@@H]5O[C@H](CO[C@@H]6O[C@H](CO)[C@@H](O)[C@@H]6O)[C@@H](O)[C@H](O)[C@H]5O)CC[C@]34C)C2(C)C)[C@H](O[C@@H]2O[C@H](CO)[C@@H](O)[C@H](O)[C@H]2O)[C@@H](O)[C@@H]1O. The van der Waals surface area contributed by atoms with Gasteiger partial charge in [-0.3, -0.25) is 4.79 Å². The second-order valence-electron chi connectivity index (χ2n) is 25.9. The Hall–Kier alpha value is -1.63. The van der Waals surface area contributed by atoms with E-state index in [1.165, 1.54) is 6.92 Å². The Labute approximate surface area is 456 Å². The lowest BCUT2D eigenvalue weighted by molar-refractivity contribution is -0.378. The number of ether oxygens (including phenoxy) is 9. The standard InChI is InChI=1S/C55H92O23/c1-24(2)11-10-15-55(9,78-49-45(69)41(65)38(62)31(74-49)23-71-47-43(67)37(61)29(21-57)72-47)26-12-17-54(8)35(26)27(59)19-33-52(6)16-14-34(51(4,5)32(52)13-18-53(33,54)7)76-50-46(42(66)39(63)30(75-50)22-70-25(3)58)77-48-44(68)40(64)36(60)28(20-56)73-48/h11,26-50,56-57,59-69H,10,12-23H2,1-9H3/t26?,27?,28-,29-,30-,31-,32?,33?,34?,35?,36-,37-,38-,39-,40+,41+,42+,43+,44-,45-,46-,47-,48+,49+,50+,52?,53?,54-,55+/m1/s1. The summed E-state index contributed by atoms with van der Waals surface area (Å²) in [5.74, 6) is -1.11. The largest absolute Gasteiger partial charge is 0.463 e. The molecule has 0 aromatic rings. The summed E-state index contributed by atoms with van der Waals surface area (Å²) in [5, 5.41) is 142. The van der Waals surface area contributed by atoms with Crippen LogP contribution in [0.25, 0.3) is 0 Å². The van der Waals surface area contributed by atoms with Gasteiger partial charge in [-0.2, -0.15) is 0 Å². The summed E-state index contributed by atoms with van der Waals surface area (Å²) >= 11 is 0. The highest BCUT2D eigenvalue weighted by atomic mass is 16.8. The van der Waals surface area contributed by atoms with Crippen LogP contribution in [0, 0.1) is 45.3 Å². The van der Waals surface area contributed by atoms with Gasteiger partial charge < -0.3 is 109 Å². The number of carbonyl (C=O) groups is 1. The lowest BCUT2D eigenvalue weighted by atomic mass is 9.35. The van der Waals surface area contributed by atoms with Crippen molar-refractivity contribution < 1.29 is 114 Å². The van der Waals surface area contributed by atoms with Crippen LogP contribution in [-0.4, -0.2) is 233 Å². The van der Waals surface area contributed by atoms with Gasteiger partial charge in [-0.1, -0.05) is 46.3 Å². The van der Waals surface area contributed by atoms with Crippen LogP contribution in [0.3, 0.4) is 0 Å². The van der Waals surface area contributed by atoms with E-state index in [1.54, 1.807) is 0 Å². The minimum Gasteiger partial charge on any atom is -0.463 e. The fourth-order valence-electron chi connectivity index (χ4n) is 16.2. The average molecular weight is 1120 g/mol. The molecule has 4 saturated carbocycles. The maximum atomic E-state index is 12.9. The molecule has 450 valence electrons. The maximum Gasteiger partial charge on any atom is 0.302 e. The molecule has 4 aliphatic heterocycles. The third-order valence-electron chi connectivity index (χ3n) is 20.8. The van der Waals surface area contributed by atoms with Crippen molar-refractivity contribution in [3.8, 4) is 0 Å². The van der Waals surface area contributed by atoms with Crippen molar-refractivity contribution in [2.24, 2.45) is 45.3 Å². The summed E-state index contributed by atoms with van der Waals surface area (Å²) in [5.41, 5.74) is -1.58. The lowest BCUT2D eigenvalue weighted by Gasteiger charge is -2.71. The minimum absolute atomic E-state index is 0.0260. The fraction of sp³-hybridized carbons (Fsp3) is 0.945. The van der Waals surface area contributed by atoms with Gasteiger partial charge in [0.2, 0.25) is 0 Å². The van der Waals surface area contributed by atoms with E-state index in [-0.39, 0.29) is 34.5 Å². The molecule has 23 nitrogen and oxygen atoms in total. The molecule has 4 saturated heterocycles. The van der Waals surface area contributed by atoms with Crippen LogP contribution >= 0.6 is 0 Å². The van der Waals surface area contributed by atoms with Gasteiger partial charge in [-0.25, -0.2) is 0 Å². The van der Waals surface area contributed by atoms with Gasteiger partial charge in [0.25, 0.3) is 0 Å². The van der Waals surface area contributed by atoms with Gasteiger partial charge >= 0.3 is 5.97 Å². The molecule has 0 aromatic carbocycles. The molecule has 4 heterocycles. The molecule has 8 aliphatic rings. The molecule has 29 atom stereocenters. The summed E-state index contributed by atoms with van der Waals surface area (Å²) in [6.07, 6.45) is -22.6. The summed E-state index contributed by atoms with van der Waals surface area (Å²) < 4.78 is 54.4. The minimum atomic E-state index is -1.84. The van der Waals surface area contributed by atoms with Gasteiger partial charge in [0, 0.05) is 6.92 Å². The van der Waals surface area contributed by atoms with Crippen LogP contribution < -0.4 is 0 Å². The molecule has 4 aliphatic carbocycles. The van der Waals surface area contributed by atoms with Crippen molar-refractivity contribution in [2.45, 2.75) is 255 Å². The monoisotopic (exact) mass is 1120 g/mol. The number of aliphatic hydroxyl groups is 13. The predicted molar refractivity (Wildman–Crippen MR) is 270 cm³/mol. The van der Waals surface area contributed by atoms with Gasteiger partial charge in [0.15, 0.2) is 25.2 Å². The second kappa shape index (κ2) is 23.8. The Morgan fingerprint density at radius 1 is 0.590 bits per heavy atom. The van der Waals surface area contributed by atoms with Crippen molar-refractivity contribution in [1.29, 1.82) is 0 Å². The zero-order chi connectivity index (χ0) is 57.4. The number of carbonyl (C=O) groups excluding carboxylic acids is 1. The van der Waals surface area contributed by atoms with Crippen LogP contribution in [0.4, 0.5) is 0 Å². The highest BCUT2D eigenvalue weighted by molar-refractivity contribution is 5.65. The van der Waals surface area contributed by atoms with Crippen LogP contribution in [-0.2, 0) is 47.4 Å². The molecular formula is C55H92O23. The summed E-state index contributed by atoms with van der Waals surface area (Å²) in [4.78, 5) is 11.9. The summed E-state index contributed by atoms with van der Waals surface area (Å²) in [6.45, 7) is 16.2. The second-order valence-corrected chi connectivity index (χ2v) is 25.9. The Kier molecular flexibility index (Phi) is 19.0. The van der Waals surface area contributed by atoms with Crippen molar-refractivity contribution in [2.75, 3.05) is 26.4 Å². The molecule has 8 rings (SSSR count). The predicted octanol–water partition coefficient (Wildman–Crippen LogP) is -0.993. The number of rotatable bonds is 17. The lowest BCUT2D eigenvalue weighted by Crippen LogP contribution is -2.68. The smallest absolute Gasteiger partial charge is 0.302 e. The zero-order valence-corrected chi connectivity index (χ0v) is 46.6. The number of esters is 1. The molecule has 0 spiro atoms. The van der Waals surface area contributed by atoms with E-state index in [0.29, 0.717) is 38.5 Å². The number of hydrogen-bond donors (Lipinski definition) is 13. The average Bonchev–Trinajstić information content (AvgIpc) is 2.91. The van der Waals surface area contributed by atoms with Crippen LogP contribution in [0.5, 0.6) is 0 Å². The quantitative estimate of drug-likeness (QED) is 0.0472. The van der Waals surface area contributed by atoms with E-state index in [0.717, 1.165) is 24.8 Å². The Morgan fingerprint density at radius 2 is 1.13 bits per heavy atom. The normalized spacial score (nSPS) is 50.9. The molecule has 0 bridgehead atoms. The number of aliphatic hydroxyl groups excluding tert-OH is 13. The zero-order valence-electron chi connectivity index (χ0n) is 46.6. The molecule has 0 amide bonds. The molecule has 0 aromatic heterocycles. The van der Waals surface area contributed by atoms with Crippen molar-refractivity contribution >= 4 is 5.97 Å². The number of hydrogen-bond acceptors (Lipinski definition) is 23. The molecule has 78 heavy (non-hydrogen) atoms. The van der Waals surface area contributed by atoms with Gasteiger partial charge in [0.1, 0.15) is 98.2 Å². The first-order chi connectivity index (χ1) is 36.5.